The van der Waals surface area contributed by atoms with Gasteiger partial charge in [-0.05, 0) is 6.07 Å². The average molecular weight is 206 g/mol. The summed E-state index contributed by atoms with van der Waals surface area (Å²) >= 11 is 5.63. The Morgan fingerprint density at radius 1 is 1.67 bits per heavy atom. The molecule has 0 aliphatic heterocycles. The first-order chi connectivity index (χ1) is 5.49. The highest BCUT2D eigenvalue weighted by molar-refractivity contribution is 7.92. The number of rotatable bonds is 2. The van der Waals surface area contributed by atoms with Crippen LogP contribution in [0.15, 0.2) is 12.3 Å². The molecule has 0 spiro atoms. The van der Waals surface area contributed by atoms with Crippen molar-refractivity contribution in [3.8, 4) is 0 Å². The van der Waals surface area contributed by atoms with Crippen molar-refractivity contribution in [2.75, 3.05) is 11.0 Å². The predicted octanol–water partition coefficient (Wildman–Crippen LogP) is 0.907. The highest BCUT2D eigenvalue weighted by atomic mass is 35.5. The van der Waals surface area contributed by atoms with E-state index in [4.69, 9.17) is 11.6 Å². The molecular formula is C6H6ClN2O2S. The van der Waals surface area contributed by atoms with Crippen molar-refractivity contribution >= 4 is 27.3 Å². The van der Waals surface area contributed by atoms with Gasteiger partial charge >= 0.3 is 0 Å². The summed E-state index contributed by atoms with van der Waals surface area (Å²) in [4.78, 5) is 3.59. The van der Waals surface area contributed by atoms with Crippen molar-refractivity contribution in [2.45, 2.75) is 0 Å². The van der Waals surface area contributed by atoms with E-state index in [1.807, 2.05) is 0 Å². The topological polar surface area (TPSA) is 59.1 Å². The third kappa shape index (κ3) is 2.67. The maximum Gasteiger partial charge on any atom is 0.229 e. The Labute approximate surface area is 75.6 Å². The molecule has 0 saturated carbocycles. The van der Waals surface area contributed by atoms with Crippen molar-refractivity contribution in [1.82, 2.24) is 4.98 Å². The van der Waals surface area contributed by atoms with Gasteiger partial charge in [0.25, 0.3) is 0 Å². The van der Waals surface area contributed by atoms with E-state index in [2.05, 4.69) is 15.9 Å². The lowest BCUT2D eigenvalue weighted by Gasteiger charge is -2.02. The Morgan fingerprint density at radius 3 is 2.83 bits per heavy atom. The molecule has 0 atom stereocenters. The van der Waals surface area contributed by atoms with Gasteiger partial charge in [0, 0.05) is 6.20 Å². The molecule has 0 amide bonds. The second-order valence-electron chi connectivity index (χ2n) is 2.15. The van der Waals surface area contributed by atoms with Crippen LogP contribution in [-0.4, -0.2) is 19.7 Å². The van der Waals surface area contributed by atoms with Crippen LogP contribution >= 0.6 is 11.6 Å². The molecule has 65 valence electrons. The minimum Gasteiger partial charge on any atom is -0.280 e. The quantitative estimate of drug-likeness (QED) is 0.781. The lowest BCUT2D eigenvalue weighted by atomic mass is 10.4. The molecule has 1 N–H and O–H groups in total. The highest BCUT2D eigenvalue weighted by Crippen LogP contribution is 2.18. The number of sulfonamides is 1. The minimum atomic E-state index is -3.31. The van der Waals surface area contributed by atoms with E-state index in [0.29, 0.717) is 0 Å². The molecule has 1 heterocycles. The molecule has 0 saturated heterocycles. The molecule has 0 bridgehead atoms. The SMILES string of the molecule is CS(=O)(=O)Nc1[c]nccc1Cl. The number of aromatic nitrogens is 1. The van der Waals surface area contributed by atoms with Crippen LogP contribution in [0.1, 0.15) is 0 Å². The zero-order valence-electron chi connectivity index (χ0n) is 6.20. The van der Waals surface area contributed by atoms with Crippen LogP contribution in [-0.2, 0) is 10.0 Å². The standard InChI is InChI=1S/C6H6ClN2O2S/c1-12(10,11)9-6-4-8-3-2-5(6)7/h2-3,9H,1H3. The number of nitrogens with one attached hydrogen (secondary N) is 1. The third-order valence-corrected chi connectivity index (χ3v) is 1.89. The number of hydrogen-bond donors (Lipinski definition) is 1. The van der Waals surface area contributed by atoms with E-state index in [-0.39, 0.29) is 10.7 Å². The van der Waals surface area contributed by atoms with Crippen LogP contribution in [0.5, 0.6) is 0 Å². The maximum absolute atomic E-state index is 10.7. The van der Waals surface area contributed by atoms with Gasteiger partial charge in [-0.15, -0.1) is 0 Å². The largest absolute Gasteiger partial charge is 0.280 e. The molecule has 0 unspecified atom stereocenters. The molecule has 0 aliphatic rings. The summed E-state index contributed by atoms with van der Waals surface area (Å²) in [6, 6.07) is 1.48. The van der Waals surface area contributed by atoms with Gasteiger partial charge in [0.1, 0.15) is 6.20 Å². The normalized spacial score (nSPS) is 11.2. The number of pyridine rings is 1. The predicted molar refractivity (Wildman–Crippen MR) is 46.5 cm³/mol. The van der Waals surface area contributed by atoms with Crippen LogP contribution in [0.2, 0.25) is 5.02 Å². The fourth-order valence-corrected chi connectivity index (χ4v) is 1.33. The fourth-order valence-electron chi connectivity index (χ4n) is 0.598. The molecule has 0 aliphatic carbocycles. The summed E-state index contributed by atoms with van der Waals surface area (Å²) < 4.78 is 23.6. The molecule has 4 nitrogen and oxygen atoms in total. The van der Waals surface area contributed by atoms with Crippen LogP contribution in [0, 0.1) is 6.20 Å². The number of nitrogens with zero attached hydrogens (tertiary/aromatic N) is 1. The smallest absolute Gasteiger partial charge is 0.229 e. The second-order valence-corrected chi connectivity index (χ2v) is 4.31. The lowest BCUT2D eigenvalue weighted by Crippen LogP contribution is -2.10. The Hall–Kier alpha value is -0.810. The number of halogens is 1. The first-order valence-corrected chi connectivity index (χ1v) is 5.26. The van der Waals surface area contributed by atoms with Gasteiger partial charge in [-0.2, -0.15) is 0 Å². The zero-order chi connectivity index (χ0) is 9.19. The fraction of sp³-hybridized carbons (Fsp3) is 0.167. The Balaban J connectivity index is 2.98. The molecule has 0 fully saturated rings. The Morgan fingerprint density at radius 2 is 2.33 bits per heavy atom. The summed E-state index contributed by atoms with van der Waals surface area (Å²) in [7, 11) is -3.31. The molecule has 6 heteroatoms. The third-order valence-electron chi connectivity index (χ3n) is 0.998. The summed E-state index contributed by atoms with van der Waals surface area (Å²) in [6.07, 6.45) is 4.88. The average Bonchev–Trinajstić information content (AvgIpc) is 1.91. The van der Waals surface area contributed by atoms with Gasteiger partial charge in [0.2, 0.25) is 10.0 Å². The van der Waals surface area contributed by atoms with E-state index < -0.39 is 10.0 Å². The lowest BCUT2D eigenvalue weighted by molar-refractivity contribution is 0.607. The van der Waals surface area contributed by atoms with Crippen molar-refractivity contribution < 1.29 is 8.42 Å². The molecule has 0 aromatic carbocycles. The van der Waals surface area contributed by atoms with E-state index in [0.717, 1.165) is 6.26 Å². The molecule has 1 aromatic rings. The molecule has 1 radical (unpaired) electrons. The first-order valence-electron chi connectivity index (χ1n) is 2.99. The zero-order valence-corrected chi connectivity index (χ0v) is 7.78. The van der Waals surface area contributed by atoms with Crippen molar-refractivity contribution in [1.29, 1.82) is 0 Å². The van der Waals surface area contributed by atoms with Crippen molar-refractivity contribution in [2.24, 2.45) is 0 Å². The van der Waals surface area contributed by atoms with Gasteiger partial charge in [-0.25, -0.2) is 8.42 Å². The van der Waals surface area contributed by atoms with Gasteiger partial charge in [0.05, 0.1) is 17.0 Å². The van der Waals surface area contributed by atoms with Crippen molar-refractivity contribution in [3.63, 3.8) is 0 Å². The van der Waals surface area contributed by atoms with Crippen LogP contribution in [0.4, 0.5) is 5.69 Å². The van der Waals surface area contributed by atoms with Crippen LogP contribution in [0.3, 0.4) is 0 Å². The number of hydrogen-bond acceptors (Lipinski definition) is 3. The van der Waals surface area contributed by atoms with E-state index in [1.54, 1.807) is 0 Å². The van der Waals surface area contributed by atoms with E-state index in [9.17, 15) is 8.42 Å². The summed E-state index contributed by atoms with van der Waals surface area (Å²) in [5.41, 5.74) is 0.168. The molecule has 12 heavy (non-hydrogen) atoms. The second kappa shape index (κ2) is 3.28. The van der Waals surface area contributed by atoms with Gasteiger partial charge < -0.3 is 0 Å². The highest BCUT2D eigenvalue weighted by Gasteiger charge is 2.05. The Kier molecular flexibility index (Phi) is 2.54. The van der Waals surface area contributed by atoms with Crippen LogP contribution in [0.25, 0.3) is 0 Å². The molecule has 1 rings (SSSR count). The summed E-state index contributed by atoms with van der Waals surface area (Å²) in [5, 5.41) is 0.274. The summed E-state index contributed by atoms with van der Waals surface area (Å²) in [5.74, 6) is 0. The van der Waals surface area contributed by atoms with E-state index in [1.165, 1.54) is 12.3 Å². The molecular weight excluding hydrogens is 200 g/mol. The Bertz CT molecular complexity index is 377. The van der Waals surface area contributed by atoms with E-state index >= 15 is 0 Å². The summed E-state index contributed by atoms with van der Waals surface area (Å²) in [6.45, 7) is 0. The molecule has 1 aromatic heterocycles. The van der Waals surface area contributed by atoms with Crippen LogP contribution < -0.4 is 4.72 Å². The van der Waals surface area contributed by atoms with Crippen molar-refractivity contribution in [3.05, 3.63) is 23.5 Å². The van der Waals surface area contributed by atoms with Gasteiger partial charge in [0.15, 0.2) is 0 Å². The monoisotopic (exact) mass is 205 g/mol. The minimum absolute atomic E-state index is 0.168. The van der Waals surface area contributed by atoms with Gasteiger partial charge in [-0.1, -0.05) is 11.6 Å². The van der Waals surface area contributed by atoms with Gasteiger partial charge in [-0.3, -0.25) is 9.71 Å². The number of anilines is 1. The maximum atomic E-state index is 10.7. The first kappa shape index (κ1) is 9.28.